The molecular weight excluding hydrogens is 152 g/mol. The standard InChI is InChI=1S/C10H20O2/c1-5-10(4,9(11)12)7-6-8(2)3/h8H,5-7H2,1-4H3,(H,11,12). The van der Waals surface area contributed by atoms with Crippen LogP contribution in [0.3, 0.4) is 0 Å². The first-order valence-electron chi connectivity index (χ1n) is 4.65. The van der Waals surface area contributed by atoms with E-state index in [0.717, 1.165) is 19.3 Å². The van der Waals surface area contributed by atoms with E-state index in [-0.39, 0.29) is 0 Å². The Morgan fingerprint density at radius 2 is 2.00 bits per heavy atom. The molecule has 0 aliphatic rings. The Morgan fingerprint density at radius 3 is 2.25 bits per heavy atom. The van der Waals surface area contributed by atoms with Crippen LogP contribution in [0.25, 0.3) is 0 Å². The van der Waals surface area contributed by atoms with Crippen LogP contribution < -0.4 is 0 Å². The fourth-order valence-corrected chi connectivity index (χ4v) is 1.04. The van der Waals surface area contributed by atoms with Gasteiger partial charge >= 0.3 is 5.97 Å². The normalized spacial score (nSPS) is 16.1. The molecule has 0 radical (unpaired) electrons. The van der Waals surface area contributed by atoms with Crippen molar-refractivity contribution in [2.24, 2.45) is 11.3 Å². The van der Waals surface area contributed by atoms with Gasteiger partial charge in [0.1, 0.15) is 0 Å². The van der Waals surface area contributed by atoms with Gasteiger partial charge in [0.15, 0.2) is 0 Å². The SMILES string of the molecule is CCC(C)(CCC(C)C)C(=O)O. The van der Waals surface area contributed by atoms with E-state index in [1.54, 1.807) is 0 Å². The molecule has 72 valence electrons. The quantitative estimate of drug-likeness (QED) is 0.692. The molecule has 1 unspecified atom stereocenters. The molecule has 2 heteroatoms. The predicted molar refractivity (Wildman–Crippen MR) is 50.1 cm³/mol. The van der Waals surface area contributed by atoms with Crippen molar-refractivity contribution in [3.05, 3.63) is 0 Å². The lowest BCUT2D eigenvalue weighted by atomic mass is 9.81. The summed E-state index contributed by atoms with van der Waals surface area (Å²) >= 11 is 0. The molecule has 0 bridgehead atoms. The zero-order chi connectivity index (χ0) is 9.78. The third-order valence-corrected chi connectivity index (χ3v) is 2.57. The Labute approximate surface area is 75.0 Å². The zero-order valence-electron chi connectivity index (χ0n) is 8.55. The molecule has 0 rings (SSSR count). The van der Waals surface area contributed by atoms with E-state index >= 15 is 0 Å². The molecule has 0 aliphatic heterocycles. The molecule has 0 aromatic heterocycles. The summed E-state index contributed by atoms with van der Waals surface area (Å²) in [5.74, 6) is -0.0686. The van der Waals surface area contributed by atoms with Crippen LogP contribution in [-0.4, -0.2) is 11.1 Å². The molecule has 0 spiro atoms. The fraction of sp³-hybridized carbons (Fsp3) is 0.900. The Morgan fingerprint density at radius 1 is 1.50 bits per heavy atom. The number of hydrogen-bond donors (Lipinski definition) is 1. The average Bonchev–Trinajstić information content (AvgIpc) is 1.99. The van der Waals surface area contributed by atoms with Crippen molar-refractivity contribution in [2.75, 3.05) is 0 Å². The first kappa shape index (κ1) is 11.5. The molecule has 0 aromatic carbocycles. The topological polar surface area (TPSA) is 37.3 Å². The van der Waals surface area contributed by atoms with E-state index in [2.05, 4.69) is 13.8 Å². The van der Waals surface area contributed by atoms with Crippen molar-refractivity contribution in [1.82, 2.24) is 0 Å². The fourth-order valence-electron chi connectivity index (χ4n) is 1.04. The van der Waals surface area contributed by atoms with Gasteiger partial charge in [0.2, 0.25) is 0 Å². The smallest absolute Gasteiger partial charge is 0.309 e. The molecule has 1 atom stereocenters. The molecule has 0 heterocycles. The van der Waals surface area contributed by atoms with Crippen LogP contribution in [0.2, 0.25) is 0 Å². The number of carboxylic acids is 1. The number of rotatable bonds is 5. The van der Waals surface area contributed by atoms with Crippen molar-refractivity contribution in [2.45, 2.75) is 47.0 Å². The molecule has 0 saturated heterocycles. The largest absolute Gasteiger partial charge is 0.481 e. The number of carbonyl (C=O) groups is 1. The minimum Gasteiger partial charge on any atom is -0.481 e. The minimum atomic E-state index is -0.661. The molecule has 1 N–H and O–H groups in total. The number of carboxylic acid groups (broad SMARTS) is 1. The van der Waals surface area contributed by atoms with Crippen LogP contribution in [0, 0.1) is 11.3 Å². The van der Waals surface area contributed by atoms with Gasteiger partial charge in [-0.1, -0.05) is 20.8 Å². The van der Waals surface area contributed by atoms with Gasteiger partial charge in [-0.25, -0.2) is 0 Å². The highest BCUT2D eigenvalue weighted by atomic mass is 16.4. The highest BCUT2D eigenvalue weighted by molar-refractivity contribution is 5.73. The molecule has 0 aromatic rings. The van der Waals surface area contributed by atoms with E-state index < -0.39 is 11.4 Å². The summed E-state index contributed by atoms with van der Waals surface area (Å²) in [6.45, 7) is 8.02. The van der Waals surface area contributed by atoms with E-state index in [1.807, 2.05) is 13.8 Å². The zero-order valence-corrected chi connectivity index (χ0v) is 8.55. The third-order valence-electron chi connectivity index (χ3n) is 2.57. The van der Waals surface area contributed by atoms with Gasteiger partial charge in [0.05, 0.1) is 5.41 Å². The highest BCUT2D eigenvalue weighted by Gasteiger charge is 2.30. The molecule has 0 fully saturated rings. The second-order valence-corrected chi connectivity index (χ2v) is 4.15. The first-order valence-corrected chi connectivity index (χ1v) is 4.65. The van der Waals surface area contributed by atoms with Crippen molar-refractivity contribution >= 4 is 5.97 Å². The maximum Gasteiger partial charge on any atom is 0.309 e. The molecule has 0 amide bonds. The third kappa shape index (κ3) is 3.24. The molecule has 0 aliphatic carbocycles. The number of hydrogen-bond acceptors (Lipinski definition) is 1. The van der Waals surface area contributed by atoms with Gasteiger partial charge < -0.3 is 5.11 Å². The van der Waals surface area contributed by atoms with Crippen LogP contribution in [0.5, 0.6) is 0 Å². The van der Waals surface area contributed by atoms with Gasteiger partial charge in [0.25, 0.3) is 0 Å². The summed E-state index contributed by atoms with van der Waals surface area (Å²) in [7, 11) is 0. The maximum absolute atomic E-state index is 10.9. The highest BCUT2D eigenvalue weighted by Crippen LogP contribution is 2.29. The Kier molecular flexibility index (Phi) is 4.29. The van der Waals surface area contributed by atoms with E-state index in [0.29, 0.717) is 5.92 Å². The summed E-state index contributed by atoms with van der Waals surface area (Å²) in [5, 5.41) is 8.95. The summed E-state index contributed by atoms with van der Waals surface area (Å²) in [4.78, 5) is 10.9. The van der Waals surface area contributed by atoms with Crippen molar-refractivity contribution in [1.29, 1.82) is 0 Å². The van der Waals surface area contributed by atoms with E-state index in [9.17, 15) is 4.79 Å². The average molecular weight is 172 g/mol. The lowest BCUT2D eigenvalue weighted by Gasteiger charge is -2.23. The first-order chi connectivity index (χ1) is 5.42. The molecule has 0 saturated carbocycles. The second kappa shape index (κ2) is 4.48. The molecule has 2 nitrogen and oxygen atoms in total. The second-order valence-electron chi connectivity index (χ2n) is 4.15. The van der Waals surface area contributed by atoms with E-state index in [4.69, 9.17) is 5.11 Å². The monoisotopic (exact) mass is 172 g/mol. The van der Waals surface area contributed by atoms with Crippen molar-refractivity contribution < 1.29 is 9.90 Å². The van der Waals surface area contributed by atoms with Crippen LogP contribution in [-0.2, 0) is 4.79 Å². The molecular formula is C10H20O2. The maximum atomic E-state index is 10.9. The summed E-state index contributed by atoms with van der Waals surface area (Å²) in [6, 6.07) is 0. The Hall–Kier alpha value is -0.530. The van der Waals surface area contributed by atoms with Gasteiger partial charge in [0, 0.05) is 0 Å². The number of aliphatic carboxylic acids is 1. The minimum absolute atomic E-state index is 0.510. The summed E-state index contributed by atoms with van der Waals surface area (Å²) in [6.07, 6.45) is 2.50. The van der Waals surface area contributed by atoms with Crippen LogP contribution in [0.15, 0.2) is 0 Å². The van der Waals surface area contributed by atoms with Gasteiger partial charge in [-0.15, -0.1) is 0 Å². The predicted octanol–water partition coefficient (Wildman–Crippen LogP) is 2.92. The summed E-state index contributed by atoms with van der Waals surface area (Å²) in [5.41, 5.74) is -0.510. The van der Waals surface area contributed by atoms with Crippen molar-refractivity contribution in [3.63, 3.8) is 0 Å². The van der Waals surface area contributed by atoms with Crippen LogP contribution in [0.1, 0.15) is 47.0 Å². The van der Waals surface area contributed by atoms with Gasteiger partial charge in [-0.05, 0) is 32.1 Å². The lowest BCUT2D eigenvalue weighted by molar-refractivity contribution is -0.148. The van der Waals surface area contributed by atoms with Gasteiger partial charge in [-0.2, -0.15) is 0 Å². The van der Waals surface area contributed by atoms with E-state index in [1.165, 1.54) is 0 Å². The Bertz CT molecular complexity index is 152. The van der Waals surface area contributed by atoms with Crippen LogP contribution in [0.4, 0.5) is 0 Å². The molecule has 12 heavy (non-hydrogen) atoms. The lowest BCUT2D eigenvalue weighted by Crippen LogP contribution is -2.26. The van der Waals surface area contributed by atoms with Crippen molar-refractivity contribution in [3.8, 4) is 0 Å². The van der Waals surface area contributed by atoms with Crippen LogP contribution >= 0.6 is 0 Å². The summed E-state index contributed by atoms with van der Waals surface area (Å²) < 4.78 is 0. The Balaban J connectivity index is 4.06. The van der Waals surface area contributed by atoms with Gasteiger partial charge in [-0.3, -0.25) is 4.79 Å².